The topological polar surface area (TPSA) is 81.9 Å². The van der Waals surface area contributed by atoms with Crippen LogP contribution in [0.15, 0.2) is 42.0 Å². The molecular formula is C16H17N5O2S. The van der Waals surface area contributed by atoms with E-state index in [0.29, 0.717) is 17.0 Å². The van der Waals surface area contributed by atoms with Gasteiger partial charge >= 0.3 is 0 Å². The highest BCUT2D eigenvalue weighted by Crippen LogP contribution is 2.25. The van der Waals surface area contributed by atoms with Crippen molar-refractivity contribution in [3.05, 3.63) is 52.5 Å². The molecule has 0 aliphatic carbocycles. The molecule has 0 bridgehead atoms. The fourth-order valence-electron chi connectivity index (χ4n) is 2.39. The number of nitrogens with zero attached hydrogens (tertiary/aromatic N) is 4. The number of aromatic nitrogens is 4. The number of nitrogens with one attached hydrogen (secondary N) is 1. The maximum atomic E-state index is 12.6. The van der Waals surface area contributed by atoms with Gasteiger partial charge in [0, 0.05) is 10.4 Å². The van der Waals surface area contributed by atoms with Crippen molar-refractivity contribution >= 4 is 17.2 Å². The summed E-state index contributed by atoms with van der Waals surface area (Å²) in [5.41, 5.74) is 1.13. The summed E-state index contributed by atoms with van der Waals surface area (Å²) in [6, 6.07) is 9.18. The summed E-state index contributed by atoms with van der Waals surface area (Å²) < 4.78 is 6.78. The summed E-state index contributed by atoms with van der Waals surface area (Å²) in [5, 5.41) is 16.2. The van der Waals surface area contributed by atoms with Crippen LogP contribution in [-0.2, 0) is 0 Å². The van der Waals surface area contributed by atoms with Gasteiger partial charge in [-0.2, -0.15) is 4.68 Å². The molecule has 24 heavy (non-hydrogen) atoms. The monoisotopic (exact) mass is 343 g/mol. The SMILES string of the molecule is CC[C@H](NC(=O)c1ccc(OC)c(-n2cnnn2)c1)c1cccs1. The molecule has 1 N–H and O–H groups in total. The zero-order valence-electron chi connectivity index (χ0n) is 13.3. The Bertz CT molecular complexity index is 802. The van der Waals surface area contributed by atoms with E-state index >= 15 is 0 Å². The Kier molecular flexibility index (Phi) is 4.85. The quantitative estimate of drug-likeness (QED) is 0.744. The number of rotatable bonds is 6. The van der Waals surface area contributed by atoms with Gasteiger partial charge in [-0.3, -0.25) is 4.79 Å². The van der Waals surface area contributed by atoms with Crippen molar-refractivity contribution in [3.63, 3.8) is 0 Å². The molecule has 0 radical (unpaired) electrons. The average Bonchev–Trinajstić information content (AvgIpc) is 3.32. The molecular weight excluding hydrogens is 326 g/mol. The zero-order chi connectivity index (χ0) is 16.9. The predicted molar refractivity (Wildman–Crippen MR) is 90.5 cm³/mol. The number of carbonyl (C=O) groups is 1. The number of methoxy groups -OCH3 is 1. The van der Waals surface area contributed by atoms with E-state index in [0.717, 1.165) is 11.3 Å². The average molecular weight is 343 g/mol. The van der Waals surface area contributed by atoms with Crippen LogP contribution in [0.4, 0.5) is 0 Å². The second-order valence-corrected chi connectivity index (χ2v) is 6.07. The van der Waals surface area contributed by atoms with E-state index in [1.54, 1.807) is 36.6 Å². The zero-order valence-corrected chi connectivity index (χ0v) is 14.2. The highest BCUT2D eigenvalue weighted by atomic mass is 32.1. The highest BCUT2D eigenvalue weighted by Gasteiger charge is 2.17. The second kappa shape index (κ2) is 7.22. The molecule has 0 spiro atoms. The van der Waals surface area contributed by atoms with Crippen molar-refractivity contribution in [1.29, 1.82) is 0 Å². The molecule has 2 aromatic heterocycles. The Morgan fingerprint density at radius 1 is 1.42 bits per heavy atom. The fraction of sp³-hybridized carbons (Fsp3) is 0.250. The van der Waals surface area contributed by atoms with Crippen molar-refractivity contribution < 1.29 is 9.53 Å². The third-order valence-corrected chi connectivity index (χ3v) is 4.62. The maximum absolute atomic E-state index is 12.6. The molecule has 0 saturated carbocycles. The van der Waals surface area contributed by atoms with Crippen molar-refractivity contribution in [2.45, 2.75) is 19.4 Å². The highest BCUT2D eigenvalue weighted by molar-refractivity contribution is 7.10. The van der Waals surface area contributed by atoms with E-state index in [4.69, 9.17) is 4.74 Å². The smallest absolute Gasteiger partial charge is 0.251 e. The largest absolute Gasteiger partial charge is 0.494 e. The first-order chi connectivity index (χ1) is 11.7. The Morgan fingerprint density at radius 3 is 2.92 bits per heavy atom. The molecule has 3 aromatic rings. The van der Waals surface area contributed by atoms with E-state index in [9.17, 15) is 4.79 Å². The van der Waals surface area contributed by atoms with Gasteiger partial charge in [-0.05, 0) is 46.5 Å². The molecule has 0 aliphatic rings. The van der Waals surface area contributed by atoms with Crippen LogP contribution in [0, 0.1) is 0 Å². The Morgan fingerprint density at radius 2 is 2.29 bits per heavy atom. The van der Waals surface area contributed by atoms with Gasteiger partial charge in [0.1, 0.15) is 17.8 Å². The van der Waals surface area contributed by atoms with Crippen LogP contribution in [0.1, 0.15) is 34.6 Å². The van der Waals surface area contributed by atoms with E-state index in [1.165, 1.54) is 11.0 Å². The van der Waals surface area contributed by atoms with Gasteiger partial charge in [0.2, 0.25) is 0 Å². The molecule has 0 aliphatic heterocycles. The number of hydrogen-bond donors (Lipinski definition) is 1. The summed E-state index contributed by atoms with van der Waals surface area (Å²) in [5.74, 6) is 0.441. The van der Waals surface area contributed by atoms with Crippen molar-refractivity contribution in [3.8, 4) is 11.4 Å². The van der Waals surface area contributed by atoms with Gasteiger partial charge in [-0.15, -0.1) is 16.4 Å². The second-order valence-electron chi connectivity index (χ2n) is 5.09. The van der Waals surface area contributed by atoms with Crippen LogP contribution in [0.3, 0.4) is 0 Å². The number of amides is 1. The molecule has 0 fully saturated rings. The lowest BCUT2D eigenvalue weighted by molar-refractivity contribution is 0.0936. The first kappa shape index (κ1) is 16.1. The molecule has 1 amide bonds. The summed E-state index contributed by atoms with van der Waals surface area (Å²) in [4.78, 5) is 13.8. The lowest BCUT2D eigenvalue weighted by Crippen LogP contribution is -2.27. The molecule has 1 aromatic carbocycles. The first-order valence-electron chi connectivity index (χ1n) is 7.48. The third-order valence-electron chi connectivity index (χ3n) is 3.64. The van der Waals surface area contributed by atoms with Crippen LogP contribution < -0.4 is 10.1 Å². The predicted octanol–water partition coefficient (Wildman–Crippen LogP) is 2.61. The van der Waals surface area contributed by atoms with Gasteiger partial charge in [0.15, 0.2) is 0 Å². The van der Waals surface area contributed by atoms with Gasteiger partial charge < -0.3 is 10.1 Å². The number of thiophene rings is 1. The van der Waals surface area contributed by atoms with E-state index in [-0.39, 0.29) is 11.9 Å². The molecule has 0 unspecified atom stereocenters. The lowest BCUT2D eigenvalue weighted by Gasteiger charge is -2.16. The minimum atomic E-state index is -0.146. The molecule has 1 atom stereocenters. The van der Waals surface area contributed by atoms with Gasteiger partial charge in [0.25, 0.3) is 5.91 Å². The van der Waals surface area contributed by atoms with Crippen LogP contribution >= 0.6 is 11.3 Å². The molecule has 7 nitrogen and oxygen atoms in total. The fourth-order valence-corrected chi connectivity index (χ4v) is 3.25. The summed E-state index contributed by atoms with van der Waals surface area (Å²) in [7, 11) is 1.56. The molecule has 8 heteroatoms. The molecule has 124 valence electrons. The number of hydrogen-bond acceptors (Lipinski definition) is 6. The van der Waals surface area contributed by atoms with E-state index in [2.05, 4.69) is 20.8 Å². The number of carbonyl (C=O) groups excluding carboxylic acids is 1. The summed E-state index contributed by atoms with van der Waals surface area (Å²) in [6.07, 6.45) is 2.28. The molecule has 2 heterocycles. The van der Waals surface area contributed by atoms with Crippen LogP contribution in [0.2, 0.25) is 0 Å². The van der Waals surface area contributed by atoms with Crippen LogP contribution in [0.25, 0.3) is 5.69 Å². The number of ether oxygens (including phenoxy) is 1. The molecule has 3 rings (SSSR count). The Balaban J connectivity index is 1.86. The van der Waals surface area contributed by atoms with Crippen molar-refractivity contribution in [2.75, 3.05) is 7.11 Å². The Hall–Kier alpha value is -2.74. The lowest BCUT2D eigenvalue weighted by atomic mass is 10.1. The normalized spacial score (nSPS) is 11.9. The standard InChI is InChI=1S/C16H17N5O2S/c1-3-12(15-5-4-8-24-15)18-16(22)11-6-7-14(23-2)13(9-11)21-10-17-19-20-21/h4-10,12H,3H2,1-2H3,(H,18,22)/t12-/m0/s1. The summed E-state index contributed by atoms with van der Waals surface area (Å²) in [6.45, 7) is 2.05. The van der Waals surface area contributed by atoms with E-state index in [1.807, 2.05) is 24.4 Å². The minimum absolute atomic E-state index is 0.00362. The number of benzene rings is 1. The number of tetrazole rings is 1. The minimum Gasteiger partial charge on any atom is -0.494 e. The maximum Gasteiger partial charge on any atom is 0.251 e. The van der Waals surface area contributed by atoms with Crippen molar-refractivity contribution in [2.24, 2.45) is 0 Å². The van der Waals surface area contributed by atoms with Crippen LogP contribution in [0.5, 0.6) is 5.75 Å². The van der Waals surface area contributed by atoms with Gasteiger partial charge in [-0.1, -0.05) is 13.0 Å². The molecule has 0 saturated heterocycles. The van der Waals surface area contributed by atoms with Crippen LogP contribution in [-0.4, -0.2) is 33.2 Å². The van der Waals surface area contributed by atoms with Crippen molar-refractivity contribution in [1.82, 2.24) is 25.5 Å². The third kappa shape index (κ3) is 3.28. The Labute approximate surface area is 143 Å². The summed E-state index contributed by atoms with van der Waals surface area (Å²) >= 11 is 1.63. The van der Waals surface area contributed by atoms with Gasteiger partial charge in [-0.25, -0.2) is 0 Å². The van der Waals surface area contributed by atoms with Gasteiger partial charge in [0.05, 0.1) is 13.2 Å². The first-order valence-corrected chi connectivity index (χ1v) is 8.36. The van der Waals surface area contributed by atoms with E-state index < -0.39 is 0 Å².